The third kappa shape index (κ3) is 3.88. The number of nitrogens with zero attached hydrogens (tertiary/aromatic N) is 1. The maximum atomic E-state index is 10.7. The van der Waals surface area contributed by atoms with Gasteiger partial charge in [0.25, 0.3) is 5.91 Å². The number of carbonyl (C=O) groups is 1. The van der Waals surface area contributed by atoms with E-state index in [1.165, 1.54) is 6.08 Å². The van der Waals surface area contributed by atoms with Crippen molar-refractivity contribution in [3.05, 3.63) is 35.4 Å². The number of para-hydroxylation sites is 1. The molecule has 0 aliphatic rings. The maximum absolute atomic E-state index is 10.7. The van der Waals surface area contributed by atoms with Crippen LogP contribution in [-0.2, 0) is 4.79 Å². The molecule has 0 aliphatic heterocycles. The minimum Gasteiger partial charge on any atom is -0.483 e. The van der Waals surface area contributed by atoms with E-state index in [4.69, 9.17) is 33.7 Å². The molecule has 0 saturated carbocycles. The van der Waals surface area contributed by atoms with Gasteiger partial charge in [-0.25, -0.2) is 0 Å². The Morgan fingerprint density at radius 3 is 2.67 bits per heavy atom. The zero-order valence-corrected chi connectivity index (χ0v) is 10.2. The first-order valence-corrected chi connectivity index (χ1v) is 5.37. The molecule has 1 aromatic rings. The highest BCUT2D eigenvalue weighted by molar-refractivity contribution is 7.80. The molecule has 1 amide bonds. The molecule has 92 valence electrons. The second-order valence-corrected chi connectivity index (χ2v) is 3.77. The Morgan fingerprint density at radius 2 is 2.11 bits per heavy atom. The highest BCUT2D eigenvalue weighted by Gasteiger charge is 2.05. The van der Waals surface area contributed by atoms with Crippen LogP contribution >= 0.6 is 12.2 Å². The second-order valence-electron chi connectivity index (χ2n) is 3.33. The van der Waals surface area contributed by atoms with Gasteiger partial charge in [0.05, 0.1) is 5.57 Å². The van der Waals surface area contributed by atoms with Gasteiger partial charge in [0, 0.05) is 5.56 Å². The molecule has 0 aliphatic carbocycles. The minimum atomic E-state index is -0.580. The van der Waals surface area contributed by atoms with Crippen LogP contribution < -0.4 is 16.2 Å². The van der Waals surface area contributed by atoms with Crippen LogP contribution in [0.15, 0.2) is 29.8 Å². The summed E-state index contributed by atoms with van der Waals surface area (Å²) in [5, 5.41) is 8.87. The number of benzene rings is 1. The molecule has 6 heteroatoms. The van der Waals surface area contributed by atoms with Gasteiger partial charge in [-0.15, -0.1) is 0 Å². The second kappa shape index (κ2) is 6.37. The van der Waals surface area contributed by atoms with E-state index in [0.717, 1.165) is 0 Å². The lowest BCUT2D eigenvalue weighted by Crippen LogP contribution is -2.20. The normalized spacial score (nSPS) is 10.5. The first kappa shape index (κ1) is 13.7. The molecular weight excluding hydrogens is 250 g/mol. The largest absolute Gasteiger partial charge is 0.483 e. The Morgan fingerprint density at radius 1 is 1.44 bits per heavy atom. The van der Waals surface area contributed by atoms with Crippen LogP contribution in [0.4, 0.5) is 0 Å². The van der Waals surface area contributed by atoms with Gasteiger partial charge >= 0.3 is 0 Å². The lowest BCUT2D eigenvalue weighted by Gasteiger charge is -2.07. The molecule has 0 heterocycles. The molecule has 1 aromatic carbocycles. The van der Waals surface area contributed by atoms with Crippen LogP contribution in [0.25, 0.3) is 6.08 Å². The van der Waals surface area contributed by atoms with Crippen LogP contribution in [0.2, 0.25) is 0 Å². The van der Waals surface area contributed by atoms with Crippen molar-refractivity contribution in [3.63, 3.8) is 0 Å². The quantitative estimate of drug-likeness (QED) is 0.462. The number of rotatable bonds is 5. The molecule has 0 atom stereocenters. The SMILES string of the molecule is N#C/C(=C/c1ccccc1OCC(N)=O)C(N)=S. The van der Waals surface area contributed by atoms with Gasteiger partial charge in [-0.1, -0.05) is 30.4 Å². The molecule has 4 N–H and O–H groups in total. The molecule has 0 spiro atoms. The van der Waals surface area contributed by atoms with E-state index in [2.05, 4.69) is 0 Å². The van der Waals surface area contributed by atoms with Crippen molar-refractivity contribution in [1.29, 1.82) is 5.26 Å². The molecule has 0 fully saturated rings. The molecule has 5 nitrogen and oxygen atoms in total. The van der Waals surface area contributed by atoms with Crippen molar-refractivity contribution in [2.45, 2.75) is 0 Å². The molecular formula is C12H11N3O2S. The number of nitriles is 1. The lowest BCUT2D eigenvalue weighted by molar-refractivity contribution is -0.119. The van der Waals surface area contributed by atoms with Gasteiger partial charge in [-0.3, -0.25) is 4.79 Å². The zero-order chi connectivity index (χ0) is 13.5. The fraction of sp³-hybridized carbons (Fsp3) is 0.0833. The summed E-state index contributed by atoms with van der Waals surface area (Å²) in [5.41, 5.74) is 11.2. The summed E-state index contributed by atoms with van der Waals surface area (Å²) in [7, 11) is 0. The summed E-state index contributed by atoms with van der Waals surface area (Å²) in [6, 6.07) is 8.76. The zero-order valence-electron chi connectivity index (χ0n) is 9.42. The van der Waals surface area contributed by atoms with Crippen molar-refractivity contribution in [1.82, 2.24) is 0 Å². The summed E-state index contributed by atoms with van der Waals surface area (Å²) in [4.78, 5) is 10.7. The Bertz CT molecular complexity index is 546. The van der Waals surface area contributed by atoms with Crippen molar-refractivity contribution in [2.75, 3.05) is 6.61 Å². The number of thiocarbonyl (C=S) groups is 1. The topological polar surface area (TPSA) is 102 Å². The third-order valence-electron chi connectivity index (χ3n) is 1.97. The van der Waals surface area contributed by atoms with E-state index in [0.29, 0.717) is 11.3 Å². The van der Waals surface area contributed by atoms with Crippen LogP contribution in [0.5, 0.6) is 5.75 Å². The van der Waals surface area contributed by atoms with Gasteiger partial charge in [-0.05, 0) is 12.1 Å². The third-order valence-corrected chi connectivity index (χ3v) is 2.19. The van der Waals surface area contributed by atoms with Crippen molar-refractivity contribution in [2.24, 2.45) is 11.5 Å². The van der Waals surface area contributed by atoms with Crippen molar-refractivity contribution < 1.29 is 9.53 Å². The molecule has 1 rings (SSSR count). The summed E-state index contributed by atoms with van der Waals surface area (Å²) in [5.74, 6) is -0.149. The van der Waals surface area contributed by atoms with Gasteiger partial charge in [-0.2, -0.15) is 5.26 Å². The average Bonchev–Trinajstić information content (AvgIpc) is 2.34. The molecule has 18 heavy (non-hydrogen) atoms. The summed E-state index contributed by atoms with van der Waals surface area (Å²) in [6.45, 7) is -0.236. The lowest BCUT2D eigenvalue weighted by atomic mass is 10.1. The van der Waals surface area contributed by atoms with Gasteiger partial charge < -0.3 is 16.2 Å². The number of ether oxygens (including phenoxy) is 1. The molecule has 0 aromatic heterocycles. The highest BCUT2D eigenvalue weighted by atomic mass is 32.1. The van der Waals surface area contributed by atoms with Crippen LogP contribution in [0, 0.1) is 11.3 Å². The highest BCUT2D eigenvalue weighted by Crippen LogP contribution is 2.20. The average molecular weight is 261 g/mol. The number of hydrogen-bond donors (Lipinski definition) is 2. The van der Waals surface area contributed by atoms with Crippen molar-refractivity contribution >= 4 is 29.2 Å². The van der Waals surface area contributed by atoms with Crippen LogP contribution in [0.1, 0.15) is 5.56 Å². The van der Waals surface area contributed by atoms with Gasteiger partial charge in [0.1, 0.15) is 16.8 Å². The summed E-state index contributed by atoms with van der Waals surface area (Å²) < 4.78 is 5.21. The van der Waals surface area contributed by atoms with E-state index in [1.807, 2.05) is 6.07 Å². The number of nitrogens with two attached hydrogens (primary N) is 2. The summed E-state index contributed by atoms with van der Waals surface area (Å²) in [6.07, 6.45) is 1.50. The van der Waals surface area contributed by atoms with E-state index in [-0.39, 0.29) is 17.2 Å². The fourth-order valence-electron chi connectivity index (χ4n) is 1.19. The Kier molecular flexibility index (Phi) is 4.84. The Hall–Kier alpha value is -2.39. The maximum Gasteiger partial charge on any atom is 0.255 e. The first-order valence-electron chi connectivity index (χ1n) is 4.96. The minimum absolute atomic E-state index is 0.00204. The van der Waals surface area contributed by atoms with Crippen LogP contribution in [-0.4, -0.2) is 17.5 Å². The Labute approximate surface area is 110 Å². The predicted molar refractivity (Wildman–Crippen MR) is 71.5 cm³/mol. The van der Waals surface area contributed by atoms with E-state index in [9.17, 15) is 4.79 Å². The summed E-state index contributed by atoms with van der Waals surface area (Å²) >= 11 is 4.74. The predicted octanol–water partition coefficient (Wildman–Crippen LogP) is 0.744. The van der Waals surface area contributed by atoms with E-state index >= 15 is 0 Å². The number of hydrogen-bond acceptors (Lipinski definition) is 4. The molecule has 0 saturated heterocycles. The van der Waals surface area contributed by atoms with Gasteiger partial charge in [0.15, 0.2) is 6.61 Å². The van der Waals surface area contributed by atoms with Crippen LogP contribution in [0.3, 0.4) is 0 Å². The van der Waals surface area contributed by atoms with E-state index in [1.54, 1.807) is 24.3 Å². The van der Waals surface area contributed by atoms with E-state index < -0.39 is 5.91 Å². The number of carbonyl (C=O) groups excluding carboxylic acids is 1. The van der Waals surface area contributed by atoms with Gasteiger partial charge in [0.2, 0.25) is 0 Å². The molecule has 0 unspecified atom stereocenters. The monoisotopic (exact) mass is 261 g/mol. The molecule has 0 bridgehead atoms. The smallest absolute Gasteiger partial charge is 0.255 e. The first-order chi connectivity index (χ1) is 8.54. The standard InChI is InChI=1S/C12H11N3O2S/c13-6-9(12(15)18)5-8-3-1-2-4-10(8)17-7-11(14)16/h1-5H,7H2,(H2,14,16)(H2,15,18)/b9-5-. The molecule has 0 radical (unpaired) electrons. The Balaban J connectivity index is 3.06. The number of primary amides is 1. The van der Waals surface area contributed by atoms with Crippen molar-refractivity contribution in [3.8, 4) is 11.8 Å². The number of amides is 1. The fourth-order valence-corrected chi connectivity index (χ4v) is 1.30.